The van der Waals surface area contributed by atoms with Gasteiger partial charge in [0.05, 0.1) is 17.6 Å². The summed E-state index contributed by atoms with van der Waals surface area (Å²) in [6.07, 6.45) is 13.3. The van der Waals surface area contributed by atoms with E-state index in [1.54, 1.807) is 36.9 Å². The van der Waals surface area contributed by atoms with Crippen molar-refractivity contribution in [2.45, 2.75) is 38.5 Å². The fraction of sp³-hybridized carbons (Fsp3) is 0.219. The molecule has 9 heteroatoms. The molecule has 0 unspecified atom stereocenters. The minimum atomic E-state index is -0.289. The van der Waals surface area contributed by atoms with Crippen LogP contribution in [-0.2, 0) is 4.79 Å². The number of benzene rings is 1. The topological polar surface area (TPSA) is 112 Å². The molecule has 0 saturated heterocycles. The van der Waals surface area contributed by atoms with E-state index in [-0.39, 0.29) is 11.7 Å². The van der Waals surface area contributed by atoms with Gasteiger partial charge in [0.2, 0.25) is 5.91 Å². The molecule has 0 radical (unpaired) electrons. The molecular weight excluding hydrogens is 517 g/mol. The number of hydrogen-bond donors (Lipinski definition) is 3. The highest BCUT2D eigenvalue weighted by Crippen LogP contribution is 2.35. The van der Waals surface area contributed by atoms with Crippen LogP contribution in [0.5, 0.6) is 0 Å². The lowest BCUT2D eigenvalue weighted by molar-refractivity contribution is -0.117. The summed E-state index contributed by atoms with van der Waals surface area (Å²) in [6.45, 7) is 0. The van der Waals surface area contributed by atoms with E-state index < -0.39 is 0 Å². The Morgan fingerprint density at radius 2 is 1.76 bits per heavy atom. The molecule has 0 aliphatic heterocycles. The number of rotatable bonds is 6. The fourth-order valence-corrected chi connectivity index (χ4v) is 5.87. The minimum Gasteiger partial charge on any atom is -0.338 e. The van der Waals surface area contributed by atoms with Gasteiger partial charge in [-0.3, -0.25) is 14.9 Å². The monoisotopic (exact) mass is 545 g/mol. The Balaban J connectivity index is 1.20. The largest absolute Gasteiger partial charge is 0.338 e. The Morgan fingerprint density at radius 3 is 2.63 bits per heavy atom. The maximum atomic E-state index is 14.6. The zero-order valence-electron chi connectivity index (χ0n) is 22.3. The highest BCUT2D eigenvalue weighted by atomic mass is 19.1. The second-order valence-corrected chi connectivity index (χ2v) is 10.7. The molecule has 1 amide bonds. The molecule has 1 fully saturated rings. The van der Waals surface area contributed by atoms with Crippen molar-refractivity contribution in [1.82, 2.24) is 30.1 Å². The molecule has 1 aliphatic rings. The van der Waals surface area contributed by atoms with E-state index in [1.807, 2.05) is 30.3 Å². The van der Waals surface area contributed by atoms with Gasteiger partial charge < -0.3 is 10.3 Å². The van der Waals surface area contributed by atoms with E-state index in [0.29, 0.717) is 40.6 Å². The van der Waals surface area contributed by atoms with Gasteiger partial charge >= 0.3 is 0 Å². The minimum absolute atomic E-state index is 0.0312. The number of amides is 1. The maximum Gasteiger partial charge on any atom is 0.224 e. The summed E-state index contributed by atoms with van der Waals surface area (Å²) >= 11 is 0. The highest BCUT2D eigenvalue weighted by Gasteiger charge is 2.19. The van der Waals surface area contributed by atoms with Gasteiger partial charge in [-0.15, -0.1) is 0 Å². The number of fused-ring (bicyclic) bond motifs is 2. The first-order valence-electron chi connectivity index (χ1n) is 13.9. The van der Waals surface area contributed by atoms with Gasteiger partial charge in [0, 0.05) is 52.5 Å². The molecule has 5 heterocycles. The molecule has 8 nitrogen and oxygen atoms in total. The zero-order chi connectivity index (χ0) is 27.8. The summed E-state index contributed by atoms with van der Waals surface area (Å²) in [5, 5.41) is 12.2. The second kappa shape index (κ2) is 10.6. The number of carbonyl (C=O) groups is 1. The van der Waals surface area contributed by atoms with Crippen molar-refractivity contribution < 1.29 is 9.18 Å². The van der Waals surface area contributed by atoms with Crippen molar-refractivity contribution in [3.63, 3.8) is 0 Å². The van der Waals surface area contributed by atoms with Crippen LogP contribution in [0, 0.1) is 11.7 Å². The third-order valence-corrected chi connectivity index (χ3v) is 7.92. The van der Waals surface area contributed by atoms with Gasteiger partial charge in [-0.25, -0.2) is 14.4 Å². The molecule has 6 aromatic rings. The van der Waals surface area contributed by atoms with E-state index in [0.717, 1.165) is 46.0 Å². The molecule has 0 atom stereocenters. The summed E-state index contributed by atoms with van der Waals surface area (Å²) in [5.74, 6) is 0.209. The fourth-order valence-electron chi connectivity index (χ4n) is 5.87. The van der Waals surface area contributed by atoms with E-state index in [2.05, 4.69) is 35.5 Å². The van der Waals surface area contributed by atoms with Crippen molar-refractivity contribution in [3.8, 4) is 33.6 Å². The number of nitrogens with zero attached hydrogens (tertiary/aromatic N) is 4. The third-order valence-electron chi connectivity index (χ3n) is 7.92. The molecule has 1 aliphatic carbocycles. The molecule has 0 bridgehead atoms. The van der Waals surface area contributed by atoms with Crippen molar-refractivity contribution >= 4 is 33.7 Å². The molecule has 7 rings (SSSR count). The standard InChI is InChI=1S/C32H28FN7O/c33-27-9-5-4-8-24(27)23-10-11-35-31-25(23)15-28(38-31)30-26-14-21(17-36-32(26)40-39-30)20-13-22(18-34-16-20)37-29(41)12-19-6-2-1-3-7-19/h4-5,8-11,13-19H,1-3,6-7,12H2,(H,35,38)(H,37,41)(H,36,39,40). The normalized spacial score (nSPS) is 14.1. The predicted molar refractivity (Wildman–Crippen MR) is 157 cm³/mol. The zero-order valence-corrected chi connectivity index (χ0v) is 22.3. The Bertz CT molecular complexity index is 1890. The Hall–Kier alpha value is -4.92. The van der Waals surface area contributed by atoms with Gasteiger partial charge in [-0.1, -0.05) is 37.5 Å². The number of nitrogens with one attached hydrogen (secondary N) is 3. The smallest absolute Gasteiger partial charge is 0.224 e. The van der Waals surface area contributed by atoms with Crippen LogP contribution in [-0.4, -0.2) is 36.0 Å². The second-order valence-electron chi connectivity index (χ2n) is 10.7. The van der Waals surface area contributed by atoms with Crippen LogP contribution >= 0.6 is 0 Å². The lowest BCUT2D eigenvalue weighted by Crippen LogP contribution is -2.18. The first kappa shape index (κ1) is 25.1. The molecular formula is C32H28FN7O. The number of halogens is 1. The van der Waals surface area contributed by atoms with Crippen LogP contribution in [0.1, 0.15) is 38.5 Å². The Kier molecular flexibility index (Phi) is 6.47. The molecule has 0 spiro atoms. The van der Waals surface area contributed by atoms with Crippen molar-refractivity contribution in [2.75, 3.05) is 5.32 Å². The maximum absolute atomic E-state index is 14.6. The molecule has 1 saturated carbocycles. The SMILES string of the molecule is O=C(CC1CCCCC1)Nc1cncc(-c2cnc3[nH]nc(-c4cc5c(-c6ccccc6F)ccnc5[nH]4)c3c2)c1. The highest BCUT2D eigenvalue weighted by molar-refractivity contribution is 6.00. The summed E-state index contributed by atoms with van der Waals surface area (Å²) in [7, 11) is 0. The van der Waals surface area contributed by atoms with Crippen LogP contribution in [0.25, 0.3) is 55.7 Å². The van der Waals surface area contributed by atoms with Gasteiger partial charge in [0.15, 0.2) is 5.65 Å². The number of anilines is 1. The summed E-state index contributed by atoms with van der Waals surface area (Å²) in [5.41, 5.74) is 6.30. The first-order chi connectivity index (χ1) is 20.1. The van der Waals surface area contributed by atoms with Crippen LogP contribution in [0.15, 0.2) is 73.3 Å². The Morgan fingerprint density at radius 1 is 0.902 bits per heavy atom. The average Bonchev–Trinajstić information content (AvgIpc) is 3.62. The average molecular weight is 546 g/mol. The molecule has 3 N–H and O–H groups in total. The van der Waals surface area contributed by atoms with Crippen LogP contribution < -0.4 is 5.32 Å². The molecule has 1 aromatic carbocycles. The predicted octanol–water partition coefficient (Wildman–Crippen LogP) is 7.28. The van der Waals surface area contributed by atoms with Gasteiger partial charge in [-0.2, -0.15) is 5.10 Å². The molecule has 204 valence electrons. The van der Waals surface area contributed by atoms with Gasteiger partial charge in [-0.05, 0) is 54.7 Å². The van der Waals surface area contributed by atoms with Gasteiger partial charge in [0.1, 0.15) is 17.2 Å². The number of H-pyrrole nitrogens is 2. The number of carbonyl (C=O) groups excluding carboxylic acids is 1. The number of aromatic nitrogens is 6. The van der Waals surface area contributed by atoms with Crippen LogP contribution in [0.3, 0.4) is 0 Å². The van der Waals surface area contributed by atoms with E-state index in [9.17, 15) is 9.18 Å². The summed E-state index contributed by atoms with van der Waals surface area (Å²) < 4.78 is 14.6. The number of hydrogen-bond acceptors (Lipinski definition) is 5. The number of aromatic amines is 2. The van der Waals surface area contributed by atoms with Crippen molar-refractivity contribution in [1.29, 1.82) is 0 Å². The first-order valence-corrected chi connectivity index (χ1v) is 13.9. The van der Waals surface area contributed by atoms with Crippen molar-refractivity contribution in [2.24, 2.45) is 5.92 Å². The number of pyridine rings is 3. The lowest BCUT2D eigenvalue weighted by atomic mass is 9.87. The van der Waals surface area contributed by atoms with Crippen LogP contribution in [0.4, 0.5) is 10.1 Å². The van der Waals surface area contributed by atoms with Crippen LogP contribution in [0.2, 0.25) is 0 Å². The van der Waals surface area contributed by atoms with Crippen molar-refractivity contribution in [3.05, 3.63) is 79.1 Å². The summed E-state index contributed by atoms with van der Waals surface area (Å²) in [6, 6.07) is 14.4. The van der Waals surface area contributed by atoms with E-state index >= 15 is 0 Å². The lowest BCUT2D eigenvalue weighted by Gasteiger charge is -2.20. The third kappa shape index (κ3) is 4.95. The molecule has 41 heavy (non-hydrogen) atoms. The van der Waals surface area contributed by atoms with E-state index in [4.69, 9.17) is 0 Å². The quantitative estimate of drug-likeness (QED) is 0.204. The van der Waals surface area contributed by atoms with E-state index in [1.165, 1.54) is 25.3 Å². The van der Waals surface area contributed by atoms with Gasteiger partial charge in [0.25, 0.3) is 0 Å². The summed E-state index contributed by atoms with van der Waals surface area (Å²) in [4.78, 5) is 29.5. The Labute approximate surface area is 235 Å². The molecule has 5 aromatic heterocycles.